The van der Waals surface area contributed by atoms with E-state index >= 15 is 0 Å². The van der Waals surface area contributed by atoms with Crippen LogP contribution in [0.2, 0.25) is 0 Å². The van der Waals surface area contributed by atoms with Crippen molar-refractivity contribution in [1.82, 2.24) is 9.80 Å². The number of carbonyl (C=O) groups is 2. The molecule has 0 spiro atoms. The lowest BCUT2D eigenvalue weighted by Gasteiger charge is -2.35. The van der Waals surface area contributed by atoms with Gasteiger partial charge in [-0.15, -0.1) is 0 Å². The Bertz CT molecular complexity index is 681. The fourth-order valence-electron chi connectivity index (χ4n) is 3.08. The summed E-state index contributed by atoms with van der Waals surface area (Å²) in [5.74, 6) is -1.44. The first kappa shape index (κ1) is 20.7. The molecule has 1 aliphatic heterocycles. The molecule has 1 heterocycles. The number of piperazine rings is 1. The highest BCUT2D eigenvalue weighted by Crippen LogP contribution is 2.18. The first-order valence-corrected chi connectivity index (χ1v) is 9.00. The summed E-state index contributed by atoms with van der Waals surface area (Å²) in [6, 6.07) is 9.09. The Labute approximate surface area is 159 Å². The van der Waals surface area contributed by atoms with Gasteiger partial charge in [0.05, 0.1) is 19.1 Å². The van der Waals surface area contributed by atoms with Crippen LogP contribution in [-0.4, -0.2) is 73.2 Å². The van der Waals surface area contributed by atoms with Crippen LogP contribution < -0.4 is 10.1 Å². The summed E-state index contributed by atoms with van der Waals surface area (Å²) in [5, 5.41) is 20.9. The molecule has 1 saturated heterocycles. The van der Waals surface area contributed by atoms with Gasteiger partial charge in [0.15, 0.2) is 0 Å². The number of ether oxygens (including phenoxy) is 1. The minimum Gasteiger partial charge on any atom is -0.497 e. The maximum atomic E-state index is 12.3. The van der Waals surface area contributed by atoms with E-state index in [1.54, 1.807) is 31.4 Å². The summed E-state index contributed by atoms with van der Waals surface area (Å²) >= 11 is 0. The SMILES string of the molecule is COc1cccc(NC(=O)C[C@@H](CN2CCN(CCC#N)CC2)C(=O)O)c1. The second-order valence-electron chi connectivity index (χ2n) is 6.57. The minimum atomic E-state index is -0.970. The largest absolute Gasteiger partial charge is 0.497 e. The summed E-state index contributed by atoms with van der Waals surface area (Å²) < 4.78 is 5.12. The number of rotatable bonds is 9. The third-order valence-corrected chi connectivity index (χ3v) is 4.62. The van der Waals surface area contributed by atoms with E-state index in [0.29, 0.717) is 24.4 Å². The number of anilines is 1. The van der Waals surface area contributed by atoms with E-state index in [0.717, 1.165) is 32.7 Å². The number of carboxylic acids is 1. The Balaban J connectivity index is 1.83. The number of hydrogen-bond donors (Lipinski definition) is 2. The zero-order valence-corrected chi connectivity index (χ0v) is 15.6. The predicted molar refractivity (Wildman–Crippen MR) is 100 cm³/mol. The molecule has 1 atom stereocenters. The maximum Gasteiger partial charge on any atom is 0.308 e. The Kier molecular flexibility index (Phi) is 8.04. The molecular weight excluding hydrogens is 348 g/mol. The molecule has 1 fully saturated rings. The molecule has 146 valence electrons. The number of carboxylic acid groups (broad SMARTS) is 1. The summed E-state index contributed by atoms with van der Waals surface area (Å²) in [7, 11) is 1.54. The first-order valence-electron chi connectivity index (χ1n) is 9.00. The lowest BCUT2D eigenvalue weighted by molar-refractivity contribution is -0.144. The fourth-order valence-corrected chi connectivity index (χ4v) is 3.08. The highest BCUT2D eigenvalue weighted by atomic mass is 16.5. The lowest BCUT2D eigenvalue weighted by atomic mass is 10.0. The number of nitrogens with one attached hydrogen (secondary N) is 1. The zero-order valence-electron chi connectivity index (χ0n) is 15.6. The summed E-state index contributed by atoms with van der Waals surface area (Å²) in [4.78, 5) is 28.1. The van der Waals surface area contributed by atoms with E-state index in [4.69, 9.17) is 10.00 Å². The molecule has 0 radical (unpaired) electrons. The van der Waals surface area contributed by atoms with Crippen molar-refractivity contribution >= 4 is 17.6 Å². The Morgan fingerprint density at radius 3 is 2.63 bits per heavy atom. The zero-order chi connectivity index (χ0) is 19.6. The van der Waals surface area contributed by atoms with E-state index in [1.807, 2.05) is 0 Å². The van der Waals surface area contributed by atoms with Crippen molar-refractivity contribution in [1.29, 1.82) is 5.26 Å². The van der Waals surface area contributed by atoms with Gasteiger partial charge in [-0.2, -0.15) is 5.26 Å². The highest BCUT2D eigenvalue weighted by Gasteiger charge is 2.26. The monoisotopic (exact) mass is 374 g/mol. The van der Waals surface area contributed by atoms with Crippen molar-refractivity contribution in [3.8, 4) is 11.8 Å². The van der Waals surface area contributed by atoms with Gasteiger partial charge in [-0.05, 0) is 12.1 Å². The van der Waals surface area contributed by atoms with Crippen LogP contribution in [0.3, 0.4) is 0 Å². The van der Waals surface area contributed by atoms with E-state index in [1.165, 1.54) is 0 Å². The van der Waals surface area contributed by atoms with Crippen LogP contribution in [0.15, 0.2) is 24.3 Å². The van der Waals surface area contributed by atoms with Gasteiger partial charge in [-0.1, -0.05) is 6.07 Å². The number of aliphatic carboxylic acids is 1. The average molecular weight is 374 g/mol. The topological polar surface area (TPSA) is 106 Å². The van der Waals surface area contributed by atoms with Crippen molar-refractivity contribution in [3.05, 3.63) is 24.3 Å². The smallest absolute Gasteiger partial charge is 0.308 e. The van der Waals surface area contributed by atoms with Crippen molar-refractivity contribution in [2.45, 2.75) is 12.8 Å². The number of carbonyl (C=O) groups excluding carboxylic acids is 1. The van der Waals surface area contributed by atoms with Crippen LogP contribution in [0.1, 0.15) is 12.8 Å². The molecule has 27 heavy (non-hydrogen) atoms. The molecular formula is C19H26N4O4. The molecule has 1 aliphatic rings. The van der Waals surface area contributed by atoms with Gasteiger partial charge in [0.25, 0.3) is 0 Å². The van der Waals surface area contributed by atoms with Gasteiger partial charge < -0.3 is 15.2 Å². The molecule has 0 unspecified atom stereocenters. The van der Waals surface area contributed by atoms with Crippen molar-refractivity contribution in [2.75, 3.05) is 51.7 Å². The molecule has 1 amide bonds. The fraction of sp³-hybridized carbons (Fsp3) is 0.526. The molecule has 1 aromatic carbocycles. The minimum absolute atomic E-state index is 0.0822. The van der Waals surface area contributed by atoms with Crippen LogP contribution in [0, 0.1) is 17.2 Å². The molecule has 0 aromatic heterocycles. The van der Waals surface area contributed by atoms with Crippen LogP contribution in [0.25, 0.3) is 0 Å². The number of nitriles is 1. The first-order chi connectivity index (χ1) is 13.0. The van der Waals surface area contributed by atoms with Gasteiger partial charge in [0.2, 0.25) is 5.91 Å². The summed E-state index contributed by atoms with van der Waals surface area (Å²) in [6.45, 7) is 4.19. The third-order valence-electron chi connectivity index (χ3n) is 4.62. The third kappa shape index (κ3) is 6.89. The summed E-state index contributed by atoms with van der Waals surface area (Å²) in [5.41, 5.74) is 0.578. The molecule has 1 aromatic rings. The van der Waals surface area contributed by atoms with Gasteiger partial charge in [-0.3, -0.25) is 19.4 Å². The second kappa shape index (κ2) is 10.5. The maximum absolute atomic E-state index is 12.3. The van der Waals surface area contributed by atoms with E-state index in [-0.39, 0.29) is 12.3 Å². The van der Waals surface area contributed by atoms with Crippen LogP contribution in [-0.2, 0) is 9.59 Å². The number of methoxy groups -OCH3 is 1. The molecule has 0 saturated carbocycles. The second-order valence-corrected chi connectivity index (χ2v) is 6.57. The Hall–Kier alpha value is -2.63. The van der Waals surface area contributed by atoms with Crippen LogP contribution >= 0.6 is 0 Å². The van der Waals surface area contributed by atoms with Crippen LogP contribution in [0.4, 0.5) is 5.69 Å². The van der Waals surface area contributed by atoms with Gasteiger partial charge >= 0.3 is 5.97 Å². The van der Waals surface area contributed by atoms with Crippen molar-refractivity contribution in [2.24, 2.45) is 5.92 Å². The Morgan fingerprint density at radius 2 is 2.00 bits per heavy atom. The molecule has 0 bridgehead atoms. The summed E-state index contributed by atoms with van der Waals surface area (Å²) in [6.07, 6.45) is 0.420. The molecule has 0 aliphatic carbocycles. The van der Waals surface area contributed by atoms with Crippen molar-refractivity contribution in [3.63, 3.8) is 0 Å². The average Bonchev–Trinajstić information content (AvgIpc) is 2.67. The molecule has 2 N–H and O–H groups in total. The number of benzene rings is 1. The van der Waals surface area contributed by atoms with E-state index < -0.39 is 11.9 Å². The highest BCUT2D eigenvalue weighted by molar-refractivity contribution is 5.93. The lowest BCUT2D eigenvalue weighted by Crippen LogP contribution is -2.48. The van der Waals surface area contributed by atoms with Crippen molar-refractivity contribution < 1.29 is 19.4 Å². The van der Waals surface area contributed by atoms with E-state index in [9.17, 15) is 14.7 Å². The van der Waals surface area contributed by atoms with Gasteiger partial charge in [-0.25, -0.2) is 0 Å². The molecule has 8 nitrogen and oxygen atoms in total. The van der Waals surface area contributed by atoms with Gasteiger partial charge in [0.1, 0.15) is 5.75 Å². The Morgan fingerprint density at radius 1 is 1.30 bits per heavy atom. The molecule has 8 heteroatoms. The molecule has 2 rings (SSSR count). The van der Waals surface area contributed by atoms with Crippen LogP contribution in [0.5, 0.6) is 5.75 Å². The quantitative estimate of drug-likeness (QED) is 0.670. The normalized spacial score (nSPS) is 16.3. The number of hydrogen-bond acceptors (Lipinski definition) is 6. The van der Waals surface area contributed by atoms with Gasteiger partial charge in [0, 0.05) is 63.9 Å². The number of amides is 1. The number of nitrogens with zero attached hydrogens (tertiary/aromatic N) is 3. The standard InChI is InChI=1S/C19H26N4O4/c1-27-17-5-2-4-16(13-17)21-18(24)12-15(19(25)26)14-23-10-8-22(9-11-23)7-3-6-20/h2,4-5,13,15H,3,7-12,14H2,1H3,(H,21,24)(H,25,26)/t15-/m0/s1. The predicted octanol–water partition coefficient (Wildman–Crippen LogP) is 1.26. The van der Waals surface area contributed by atoms with E-state index in [2.05, 4.69) is 21.2 Å².